The third-order valence-corrected chi connectivity index (χ3v) is 4.55. The summed E-state index contributed by atoms with van der Waals surface area (Å²) in [6, 6.07) is 12.6. The van der Waals surface area contributed by atoms with Crippen molar-refractivity contribution in [1.29, 1.82) is 0 Å². The molecule has 0 bridgehead atoms. The highest BCUT2D eigenvalue weighted by Gasteiger charge is 2.04. The molecule has 0 radical (unpaired) electrons. The Morgan fingerprint density at radius 2 is 1.76 bits per heavy atom. The number of unbranched alkanes of at least 4 members (excludes halogenated alkanes) is 5. The van der Waals surface area contributed by atoms with Crippen LogP contribution in [-0.4, -0.2) is 4.98 Å². The highest BCUT2D eigenvalue weighted by Crippen LogP contribution is 2.26. The molecule has 0 fully saturated rings. The normalized spacial score (nSPS) is 10.8. The van der Waals surface area contributed by atoms with Crippen LogP contribution in [0.1, 0.15) is 51.0 Å². The Labute approximate surface area is 136 Å². The highest BCUT2D eigenvalue weighted by atomic mass is 79.9. The summed E-state index contributed by atoms with van der Waals surface area (Å²) in [5.74, 6) is 0. The van der Waals surface area contributed by atoms with Crippen LogP contribution in [0.4, 0.5) is 0 Å². The smallest absolute Gasteiger partial charge is 0.0702 e. The molecule has 0 saturated heterocycles. The van der Waals surface area contributed by atoms with E-state index in [1.54, 1.807) is 0 Å². The van der Waals surface area contributed by atoms with Crippen molar-refractivity contribution in [2.24, 2.45) is 0 Å². The van der Waals surface area contributed by atoms with E-state index < -0.39 is 0 Å². The Hall–Kier alpha value is -1.15. The first-order valence-electron chi connectivity index (χ1n) is 8.01. The number of halogens is 1. The van der Waals surface area contributed by atoms with Crippen molar-refractivity contribution in [3.63, 3.8) is 0 Å². The first-order valence-corrected chi connectivity index (χ1v) is 8.80. The number of aromatic nitrogens is 1. The Balaban J connectivity index is 1.88. The van der Waals surface area contributed by atoms with Crippen molar-refractivity contribution in [3.05, 3.63) is 52.6 Å². The van der Waals surface area contributed by atoms with Gasteiger partial charge in [-0.25, -0.2) is 0 Å². The number of aryl methyl sites for hydroxylation is 1. The second-order valence-electron chi connectivity index (χ2n) is 5.54. The minimum absolute atomic E-state index is 1.03. The predicted molar refractivity (Wildman–Crippen MR) is 94.5 cm³/mol. The second-order valence-corrected chi connectivity index (χ2v) is 6.39. The van der Waals surface area contributed by atoms with Gasteiger partial charge in [-0.2, -0.15) is 0 Å². The van der Waals surface area contributed by atoms with E-state index in [-0.39, 0.29) is 0 Å². The SMILES string of the molecule is CCCCCCCCc1ccc(-c2ccccn2)cc1Br. The van der Waals surface area contributed by atoms with Gasteiger partial charge >= 0.3 is 0 Å². The van der Waals surface area contributed by atoms with Gasteiger partial charge in [-0.05, 0) is 36.6 Å². The number of hydrogen-bond acceptors (Lipinski definition) is 1. The average Bonchev–Trinajstić information content (AvgIpc) is 2.53. The summed E-state index contributed by atoms with van der Waals surface area (Å²) < 4.78 is 1.21. The number of rotatable bonds is 8. The van der Waals surface area contributed by atoms with Crippen LogP contribution >= 0.6 is 15.9 Å². The lowest BCUT2D eigenvalue weighted by Crippen LogP contribution is -1.90. The fourth-order valence-corrected chi connectivity index (χ4v) is 3.12. The molecular formula is C19H24BrN. The van der Waals surface area contributed by atoms with Gasteiger partial charge in [-0.3, -0.25) is 4.98 Å². The number of nitrogens with zero attached hydrogens (tertiary/aromatic N) is 1. The molecule has 0 amide bonds. The maximum absolute atomic E-state index is 4.40. The summed E-state index contributed by atoms with van der Waals surface area (Å²) in [4.78, 5) is 4.40. The predicted octanol–water partition coefficient (Wildman–Crippen LogP) is 6.41. The maximum Gasteiger partial charge on any atom is 0.0702 e. The number of pyridine rings is 1. The lowest BCUT2D eigenvalue weighted by Gasteiger charge is -2.07. The van der Waals surface area contributed by atoms with Gasteiger partial charge in [-0.15, -0.1) is 0 Å². The van der Waals surface area contributed by atoms with Crippen molar-refractivity contribution in [2.45, 2.75) is 51.9 Å². The van der Waals surface area contributed by atoms with Gasteiger partial charge in [0, 0.05) is 16.2 Å². The molecule has 0 aliphatic heterocycles. The average molecular weight is 346 g/mol. The monoisotopic (exact) mass is 345 g/mol. The van der Waals surface area contributed by atoms with E-state index in [1.165, 1.54) is 54.1 Å². The van der Waals surface area contributed by atoms with Crippen LogP contribution in [0.3, 0.4) is 0 Å². The van der Waals surface area contributed by atoms with E-state index >= 15 is 0 Å². The zero-order chi connectivity index (χ0) is 14.9. The van der Waals surface area contributed by atoms with Crippen LogP contribution in [0, 0.1) is 0 Å². The Kier molecular flexibility index (Phi) is 6.94. The first kappa shape index (κ1) is 16.2. The Morgan fingerprint density at radius 1 is 0.952 bits per heavy atom. The summed E-state index contributed by atoms with van der Waals surface area (Å²) in [5.41, 5.74) is 3.61. The van der Waals surface area contributed by atoms with E-state index in [0.717, 1.165) is 12.1 Å². The lowest BCUT2D eigenvalue weighted by atomic mass is 10.0. The van der Waals surface area contributed by atoms with E-state index in [9.17, 15) is 0 Å². The first-order chi connectivity index (χ1) is 10.3. The van der Waals surface area contributed by atoms with Crippen molar-refractivity contribution >= 4 is 15.9 Å². The zero-order valence-electron chi connectivity index (χ0n) is 12.8. The van der Waals surface area contributed by atoms with Crippen molar-refractivity contribution in [2.75, 3.05) is 0 Å². The molecule has 0 saturated carbocycles. The van der Waals surface area contributed by atoms with Gasteiger partial charge in [0.25, 0.3) is 0 Å². The van der Waals surface area contributed by atoms with Crippen molar-refractivity contribution < 1.29 is 0 Å². The van der Waals surface area contributed by atoms with Gasteiger partial charge in [0.2, 0.25) is 0 Å². The summed E-state index contributed by atoms with van der Waals surface area (Å²) >= 11 is 3.71. The largest absolute Gasteiger partial charge is 0.256 e. The van der Waals surface area contributed by atoms with Gasteiger partial charge in [-0.1, -0.05) is 73.2 Å². The lowest BCUT2D eigenvalue weighted by molar-refractivity contribution is 0.607. The molecule has 1 nitrogen and oxygen atoms in total. The molecule has 112 valence electrons. The number of benzene rings is 1. The molecule has 2 heteroatoms. The molecular weight excluding hydrogens is 322 g/mol. The molecule has 0 spiro atoms. The van der Waals surface area contributed by atoms with Gasteiger partial charge in [0.15, 0.2) is 0 Å². The quantitative estimate of drug-likeness (QED) is 0.503. The standard InChI is InChI=1S/C19H24BrN/c1-2-3-4-5-6-7-10-16-12-13-17(15-18(16)20)19-11-8-9-14-21-19/h8-9,11-15H,2-7,10H2,1H3. The minimum atomic E-state index is 1.03. The van der Waals surface area contributed by atoms with Crippen LogP contribution in [0.2, 0.25) is 0 Å². The summed E-state index contributed by atoms with van der Waals surface area (Å²) in [6.07, 6.45) is 11.1. The van der Waals surface area contributed by atoms with E-state index in [2.05, 4.69) is 52.1 Å². The van der Waals surface area contributed by atoms with Crippen LogP contribution < -0.4 is 0 Å². The van der Waals surface area contributed by atoms with E-state index in [1.807, 2.05) is 18.3 Å². The summed E-state index contributed by atoms with van der Waals surface area (Å²) in [7, 11) is 0. The Bertz CT molecular complexity index is 537. The number of hydrogen-bond donors (Lipinski definition) is 0. The molecule has 1 heterocycles. The molecule has 0 unspecified atom stereocenters. The molecule has 2 aromatic rings. The van der Waals surface area contributed by atoms with Crippen molar-refractivity contribution in [1.82, 2.24) is 4.98 Å². The fourth-order valence-electron chi connectivity index (χ4n) is 2.54. The van der Waals surface area contributed by atoms with Gasteiger partial charge < -0.3 is 0 Å². The van der Waals surface area contributed by atoms with Crippen molar-refractivity contribution in [3.8, 4) is 11.3 Å². The summed E-state index contributed by atoms with van der Waals surface area (Å²) in [6.45, 7) is 2.26. The molecule has 0 aliphatic rings. The third-order valence-electron chi connectivity index (χ3n) is 3.81. The molecule has 1 aromatic heterocycles. The molecule has 0 aliphatic carbocycles. The van der Waals surface area contributed by atoms with E-state index in [0.29, 0.717) is 0 Å². The molecule has 0 N–H and O–H groups in total. The topological polar surface area (TPSA) is 12.9 Å². The molecule has 0 atom stereocenters. The minimum Gasteiger partial charge on any atom is -0.256 e. The molecule has 1 aromatic carbocycles. The second kappa shape index (κ2) is 8.99. The molecule has 2 rings (SSSR count). The van der Waals surface area contributed by atoms with Crippen LogP contribution in [0.25, 0.3) is 11.3 Å². The summed E-state index contributed by atoms with van der Waals surface area (Å²) in [5, 5.41) is 0. The van der Waals surface area contributed by atoms with Gasteiger partial charge in [0.1, 0.15) is 0 Å². The third kappa shape index (κ3) is 5.28. The fraction of sp³-hybridized carbons (Fsp3) is 0.421. The zero-order valence-corrected chi connectivity index (χ0v) is 14.4. The molecule has 21 heavy (non-hydrogen) atoms. The van der Waals surface area contributed by atoms with Gasteiger partial charge in [0.05, 0.1) is 5.69 Å². The Morgan fingerprint density at radius 3 is 2.48 bits per heavy atom. The van der Waals surface area contributed by atoms with Crippen LogP contribution in [0.5, 0.6) is 0 Å². The van der Waals surface area contributed by atoms with E-state index in [4.69, 9.17) is 0 Å². The highest BCUT2D eigenvalue weighted by molar-refractivity contribution is 9.10. The van der Waals surface area contributed by atoms with Crippen LogP contribution in [-0.2, 0) is 6.42 Å². The van der Waals surface area contributed by atoms with Crippen LogP contribution in [0.15, 0.2) is 47.1 Å². The maximum atomic E-state index is 4.40.